The number of benzene rings is 2. The van der Waals surface area contributed by atoms with Crippen LogP contribution in [0, 0.1) is 0 Å². The molecule has 2 aromatic carbocycles. The number of aromatic nitrogens is 2. The van der Waals surface area contributed by atoms with E-state index in [9.17, 15) is 0 Å². The van der Waals surface area contributed by atoms with Crippen LogP contribution in [0.15, 0.2) is 65.9 Å². The minimum atomic E-state index is 0.310. The third-order valence-corrected chi connectivity index (χ3v) is 3.74. The van der Waals surface area contributed by atoms with E-state index in [1.54, 1.807) is 32.5 Å². The maximum atomic E-state index is 5.97. The van der Waals surface area contributed by atoms with Crippen molar-refractivity contribution >= 4 is 11.6 Å². The first-order valence-corrected chi connectivity index (χ1v) is 8.07. The van der Waals surface area contributed by atoms with E-state index in [1.807, 2.05) is 47.3 Å². The van der Waals surface area contributed by atoms with Crippen molar-refractivity contribution in [3.63, 3.8) is 0 Å². The summed E-state index contributed by atoms with van der Waals surface area (Å²) in [5.41, 5.74) is 8.70. The van der Waals surface area contributed by atoms with Gasteiger partial charge in [-0.2, -0.15) is 5.10 Å². The highest BCUT2D eigenvalue weighted by Crippen LogP contribution is 2.29. The van der Waals surface area contributed by atoms with Gasteiger partial charge < -0.3 is 20.5 Å². The van der Waals surface area contributed by atoms with Gasteiger partial charge in [-0.3, -0.25) is 0 Å². The van der Waals surface area contributed by atoms with Gasteiger partial charge in [0.2, 0.25) is 0 Å². The number of para-hydroxylation sites is 1. The number of rotatable bonds is 6. The molecule has 7 nitrogen and oxygen atoms in total. The van der Waals surface area contributed by atoms with Gasteiger partial charge in [0.1, 0.15) is 0 Å². The van der Waals surface area contributed by atoms with Crippen LogP contribution in [0.3, 0.4) is 0 Å². The Morgan fingerprint density at radius 2 is 1.88 bits per heavy atom. The number of methoxy groups -OCH3 is 2. The first kappa shape index (κ1) is 17.3. The molecule has 0 bridgehead atoms. The van der Waals surface area contributed by atoms with E-state index in [0.717, 1.165) is 16.9 Å². The van der Waals surface area contributed by atoms with E-state index < -0.39 is 0 Å². The largest absolute Gasteiger partial charge is 0.493 e. The Kier molecular flexibility index (Phi) is 5.38. The van der Waals surface area contributed by atoms with Crippen LogP contribution in [0.4, 0.5) is 5.69 Å². The van der Waals surface area contributed by atoms with Gasteiger partial charge in [-0.15, -0.1) is 0 Å². The molecule has 0 radical (unpaired) electrons. The first-order valence-electron chi connectivity index (χ1n) is 8.07. The van der Waals surface area contributed by atoms with Crippen LogP contribution in [0.5, 0.6) is 11.5 Å². The Morgan fingerprint density at radius 1 is 1.12 bits per heavy atom. The molecule has 7 heteroatoms. The second-order valence-electron chi connectivity index (χ2n) is 5.52. The van der Waals surface area contributed by atoms with E-state index in [4.69, 9.17) is 15.2 Å². The Hall–Kier alpha value is -3.48. The molecule has 0 saturated carbocycles. The maximum absolute atomic E-state index is 5.97. The van der Waals surface area contributed by atoms with Gasteiger partial charge in [0.25, 0.3) is 0 Å². The molecule has 1 aromatic heterocycles. The van der Waals surface area contributed by atoms with Crippen molar-refractivity contribution < 1.29 is 9.47 Å². The third-order valence-electron chi connectivity index (χ3n) is 3.74. The lowest BCUT2D eigenvalue weighted by atomic mass is 10.3. The van der Waals surface area contributed by atoms with Crippen LogP contribution in [0.25, 0.3) is 5.69 Å². The summed E-state index contributed by atoms with van der Waals surface area (Å²) >= 11 is 0. The molecule has 3 rings (SSSR count). The number of ether oxygens (including phenoxy) is 2. The number of nitrogens with one attached hydrogen (secondary N) is 1. The average molecular weight is 351 g/mol. The zero-order valence-electron chi connectivity index (χ0n) is 14.7. The SMILES string of the molecule is COc1ccc(NC(N)=NCc2cnn(-c3ccccc3)c2)cc1OC. The Morgan fingerprint density at radius 3 is 2.62 bits per heavy atom. The maximum Gasteiger partial charge on any atom is 0.193 e. The van der Waals surface area contributed by atoms with E-state index in [2.05, 4.69) is 15.4 Å². The predicted octanol–water partition coefficient (Wildman–Crippen LogP) is 2.82. The minimum absolute atomic E-state index is 0.310. The van der Waals surface area contributed by atoms with E-state index >= 15 is 0 Å². The molecule has 0 spiro atoms. The molecule has 0 aliphatic heterocycles. The van der Waals surface area contributed by atoms with Gasteiger partial charge in [0, 0.05) is 23.5 Å². The molecule has 134 valence electrons. The fraction of sp³-hybridized carbons (Fsp3) is 0.158. The monoisotopic (exact) mass is 351 g/mol. The first-order chi connectivity index (χ1) is 12.7. The summed E-state index contributed by atoms with van der Waals surface area (Å²) in [5, 5.41) is 7.39. The normalized spacial score (nSPS) is 11.2. The molecule has 3 N–H and O–H groups in total. The van der Waals surface area contributed by atoms with Crippen molar-refractivity contribution in [2.45, 2.75) is 6.54 Å². The average Bonchev–Trinajstić information content (AvgIpc) is 3.16. The topological polar surface area (TPSA) is 86.7 Å². The van der Waals surface area contributed by atoms with Crippen LogP contribution in [0.1, 0.15) is 5.56 Å². The smallest absolute Gasteiger partial charge is 0.193 e. The van der Waals surface area contributed by atoms with Crippen LogP contribution >= 0.6 is 0 Å². The highest BCUT2D eigenvalue weighted by atomic mass is 16.5. The summed E-state index contributed by atoms with van der Waals surface area (Å²) < 4.78 is 12.3. The van der Waals surface area contributed by atoms with Crippen molar-refractivity contribution in [3.05, 3.63) is 66.5 Å². The molecule has 0 fully saturated rings. The molecule has 26 heavy (non-hydrogen) atoms. The zero-order valence-corrected chi connectivity index (χ0v) is 14.7. The van der Waals surface area contributed by atoms with Gasteiger partial charge >= 0.3 is 0 Å². The van der Waals surface area contributed by atoms with Gasteiger partial charge in [-0.25, -0.2) is 9.67 Å². The molecular formula is C19H21N5O2. The summed E-state index contributed by atoms with van der Waals surface area (Å²) in [6.45, 7) is 0.430. The molecule has 0 amide bonds. The summed E-state index contributed by atoms with van der Waals surface area (Å²) in [7, 11) is 3.18. The van der Waals surface area contributed by atoms with Crippen LogP contribution in [-0.2, 0) is 6.54 Å². The molecule has 0 aliphatic carbocycles. The Labute approximate surface area is 152 Å². The lowest BCUT2D eigenvalue weighted by molar-refractivity contribution is 0.355. The lowest BCUT2D eigenvalue weighted by Gasteiger charge is -2.10. The molecule has 3 aromatic rings. The number of hydrogen-bond acceptors (Lipinski definition) is 4. The van der Waals surface area contributed by atoms with Gasteiger partial charge in [0.05, 0.1) is 32.6 Å². The fourth-order valence-electron chi connectivity index (χ4n) is 2.44. The van der Waals surface area contributed by atoms with E-state index in [0.29, 0.717) is 24.0 Å². The third kappa shape index (κ3) is 4.13. The molecule has 0 atom stereocenters. The van der Waals surface area contributed by atoms with Gasteiger partial charge in [-0.05, 0) is 24.3 Å². The fourth-order valence-corrected chi connectivity index (χ4v) is 2.44. The van der Waals surface area contributed by atoms with Crippen LogP contribution in [0.2, 0.25) is 0 Å². The molecule has 0 saturated heterocycles. The summed E-state index contributed by atoms with van der Waals surface area (Å²) in [5.74, 6) is 1.58. The standard InChI is InChI=1S/C19H21N5O2/c1-25-17-9-8-15(10-18(17)26-2)23-19(20)21-11-14-12-22-24(13-14)16-6-4-3-5-7-16/h3-10,12-13H,11H2,1-2H3,(H3,20,21,23). The Bertz CT molecular complexity index is 890. The summed E-state index contributed by atoms with van der Waals surface area (Å²) in [6.07, 6.45) is 3.71. The quantitative estimate of drug-likeness (QED) is 0.527. The molecular weight excluding hydrogens is 330 g/mol. The Balaban J connectivity index is 1.65. The van der Waals surface area contributed by atoms with Crippen molar-refractivity contribution in [1.82, 2.24) is 9.78 Å². The highest BCUT2D eigenvalue weighted by Gasteiger charge is 2.05. The molecule has 1 heterocycles. The number of anilines is 1. The number of nitrogens with two attached hydrogens (primary N) is 1. The van der Waals surface area contributed by atoms with Crippen molar-refractivity contribution in [2.75, 3.05) is 19.5 Å². The highest BCUT2D eigenvalue weighted by molar-refractivity contribution is 5.92. The van der Waals surface area contributed by atoms with E-state index in [-0.39, 0.29) is 0 Å². The number of hydrogen-bond donors (Lipinski definition) is 2. The number of aliphatic imine (C=N–C) groups is 1. The predicted molar refractivity (Wildman–Crippen MR) is 102 cm³/mol. The van der Waals surface area contributed by atoms with Crippen LogP contribution < -0.4 is 20.5 Å². The lowest BCUT2D eigenvalue weighted by Crippen LogP contribution is -2.22. The second-order valence-corrected chi connectivity index (χ2v) is 5.52. The van der Waals surface area contributed by atoms with Gasteiger partial charge in [-0.1, -0.05) is 18.2 Å². The second kappa shape index (κ2) is 8.06. The minimum Gasteiger partial charge on any atom is -0.493 e. The summed E-state index contributed by atoms with van der Waals surface area (Å²) in [4.78, 5) is 4.35. The molecule has 0 unspecified atom stereocenters. The zero-order chi connectivity index (χ0) is 18.4. The number of guanidine groups is 1. The van der Waals surface area contributed by atoms with Crippen LogP contribution in [-0.4, -0.2) is 30.0 Å². The number of nitrogens with zero attached hydrogens (tertiary/aromatic N) is 3. The van der Waals surface area contributed by atoms with Crippen molar-refractivity contribution in [3.8, 4) is 17.2 Å². The van der Waals surface area contributed by atoms with E-state index in [1.165, 1.54) is 0 Å². The summed E-state index contributed by atoms with van der Waals surface area (Å²) in [6, 6.07) is 15.3. The van der Waals surface area contributed by atoms with Crippen molar-refractivity contribution in [2.24, 2.45) is 10.7 Å². The van der Waals surface area contributed by atoms with Crippen molar-refractivity contribution in [1.29, 1.82) is 0 Å². The van der Waals surface area contributed by atoms with Gasteiger partial charge in [0.15, 0.2) is 17.5 Å². The molecule has 0 aliphatic rings.